The van der Waals surface area contributed by atoms with Gasteiger partial charge in [-0.2, -0.15) is 0 Å². The first-order valence-electron chi connectivity index (χ1n) is 10.2. The fourth-order valence-electron chi connectivity index (χ4n) is 3.74. The van der Waals surface area contributed by atoms with Crippen LogP contribution in [0, 0.1) is 6.92 Å². The van der Waals surface area contributed by atoms with Crippen LogP contribution in [0.2, 0.25) is 5.02 Å². The topological polar surface area (TPSA) is 62.6 Å². The molecule has 5 rings (SSSR count). The lowest BCUT2D eigenvalue weighted by molar-refractivity contribution is 0.0989. The normalized spacial score (nSPS) is 12.7. The molecule has 158 valence electrons. The Bertz CT molecular complexity index is 1340. The van der Waals surface area contributed by atoms with Gasteiger partial charge >= 0.3 is 0 Å². The van der Waals surface area contributed by atoms with E-state index in [1.807, 2.05) is 61.5 Å². The van der Waals surface area contributed by atoms with Crippen molar-refractivity contribution < 1.29 is 14.0 Å². The first-order valence-corrected chi connectivity index (χ1v) is 10.5. The second kappa shape index (κ2) is 8.02. The number of anilines is 2. The minimum Gasteiger partial charge on any atom is -0.451 e. The summed E-state index contributed by atoms with van der Waals surface area (Å²) in [5, 5.41) is 3.47. The first kappa shape index (κ1) is 20.1. The highest BCUT2D eigenvalue weighted by Gasteiger charge is 2.27. The molecule has 2 amide bonds. The Labute approximate surface area is 190 Å². The van der Waals surface area contributed by atoms with E-state index in [0.29, 0.717) is 23.0 Å². The van der Waals surface area contributed by atoms with Gasteiger partial charge in [0.25, 0.3) is 11.8 Å². The number of carbonyl (C=O) groups is 2. The third kappa shape index (κ3) is 3.67. The van der Waals surface area contributed by atoms with Crippen LogP contribution in [0.4, 0.5) is 11.4 Å². The van der Waals surface area contributed by atoms with Crippen LogP contribution in [-0.2, 0) is 6.54 Å². The molecule has 0 saturated heterocycles. The number of halogens is 1. The number of fused-ring (bicyclic) bond motifs is 1. The van der Waals surface area contributed by atoms with Crippen LogP contribution in [0.1, 0.15) is 32.0 Å². The van der Waals surface area contributed by atoms with E-state index < -0.39 is 0 Å². The quantitative estimate of drug-likeness (QED) is 0.402. The van der Waals surface area contributed by atoms with E-state index in [9.17, 15) is 9.59 Å². The van der Waals surface area contributed by atoms with E-state index in [1.165, 1.54) is 0 Å². The Morgan fingerprint density at radius 2 is 1.78 bits per heavy atom. The third-order valence-electron chi connectivity index (χ3n) is 5.54. The molecule has 3 aromatic carbocycles. The molecule has 4 aromatic rings. The van der Waals surface area contributed by atoms with Crippen LogP contribution < -0.4 is 10.2 Å². The van der Waals surface area contributed by atoms with Gasteiger partial charge in [0, 0.05) is 27.5 Å². The van der Waals surface area contributed by atoms with Crippen LogP contribution in [0.15, 0.2) is 83.3 Å². The van der Waals surface area contributed by atoms with Gasteiger partial charge in [-0.15, -0.1) is 0 Å². The number of hydrogen-bond donors (Lipinski definition) is 1. The molecule has 1 aromatic heterocycles. The summed E-state index contributed by atoms with van der Waals surface area (Å²) in [7, 11) is 0. The third-order valence-corrected chi connectivity index (χ3v) is 5.95. The van der Waals surface area contributed by atoms with Crippen LogP contribution in [0.3, 0.4) is 0 Å². The molecule has 0 aliphatic carbocycles. The van der Waals surface area contributed by atoms with E-state index in [0.717, 1.165) is 27.9 Å². The largest absolute Gasteiger partial charge is 0.451 e. The Kier molecular flexibility index (Phi) is 5.04. The zero-order valence-electron chi connectivity index (χ0n) is 17.3. The standard InChI is InChI=1S/C26H19ClN2O3/c1-16-6-7-17(14-22(16)27)23-12-13-24(32-23)25(30)28-19-8-10-20(11-9-19)29-15-18-4-2-3-5-21(18)26(29)31/h2-14H,15H2,1H3,(H,28,30). The lowest BCUT2D eigenvalue weighted by Gasteiger charge is -2.16. The second-order valence-electron chi connectivity index (χ2n) is 7.68. The molecule has 0 unspecified atom stereocenters. The van der Waals surface area contributed by atoms with Crippen LogP contribution in [-0.4, -0.2) is 11.8 Å². The van der Waals surface area contributed by atoms with Gasteiger partial charge in [-0.05, 0) is 66.6 Å². The number of aryl methyl sites for hydroxylation is 1. The molecule has 0 radical (unpaired) electrons. The van der Waals surface area contributed by atoms with E-state index in [2.05, 4.69) is 5.32 Å². The Balaban J connectivity index is 1.28. The molecule has 1 aliphatic heterocycles. The summed E-state index contributed by atoms with van der Waals surface area (Å²) in [6.07, 6.45) is 0. The van der Waals surface area contributed by atoms with Crippen molar-refractivity contribution in [2.24, 2.45) is 0 Å². The minimum absolute atomic E-state index is 0.0169. The van der Waals surface area contributed by atoms with Crippen molar-refractivity contribution in [3.8, 4) is 11.3 Å². The van der Waals surface area contributed by atoms with Gasteiger partial charge in [0.05, 0.1) is 6.54 Å². The van der Waals surface area contributed by atoms with Gasteiger partial charge in [0.2, 0.25) is 0 Å². The van der Waals surface area contributed by atoms with Crippen molar-refractivity contribution >= 4 is 34.8 Å². The number of rotatable bonds is 4. The number of nitrogens with one attached hydrogen (secondary N) is 1. The fourth-order valence-corrected chi connectivity index (χ4v) is 3.92. The minimum atomic E-state index is -0.355. The second-order valence-corrected chi connectivity index (χ2v) is 8.08. The number of amides is 2. The monoisotopic (exact) mass is 442 g/mol. The molecule has 0 bridgehead atoms. The summed E-state index contributed by atoms with van der Waals surface area (Å²) < 4.78 is 5.73. The average Bonchev–Trinajstić information content (AvgIpc) is 3.42. The number of carbonyl (C=O) groups excluding carboxylic acids is 2. The molecule has 5 nitrogen and oxygen atoms in total. The van der Waals surface area contributed by atoms with E-state index in [4.69, 9.17) is 16.0 Å². The van der Waals surface area contributed by atoms with Gasteiger partial charge in [0.15, 0.2) is 5.76 Å². The van der Waals surface area contributed by atoms with Crippen molar-refractivity contribution in [3.63, 3.8) is 0 Å². The Hall–Kier alpha value is -3.83. The van der Waals surface area contributed by atoms with Crippen molar-refractivity contribution in [2.75, 3.05) is 10.2 Å². The van der Waals surface area contributed by atoms with Crippen molar-refractivity contribution in [1.82, 2.24) is 0 Å². The predicted molar refractivity (Wildman–Crippen MR) is 125 cm³/mol. The summed E-state index contributed by atoms with van der Waals surface area (Å²) in [4.78, 5) is 27.0. The highest BCUT2D eigenvalue weighted by atomic mass is 35.5. The number of nitrogens with zero attached hydrogens (tertiary/aromatic N) is 1. The van der Waals surface area contributed by atoms with Crippen LogP contribution in [0.5, 0.6) is 0 Å². The number of hydrogen-bond acceptors (Lipinski definition) is 3. The van der Waals surface area contributed by atoms with Gasteiger partial charge in [-0.1, -0.05) is 41.9 Å². The molecule has 2 heterocycles. The van der Waals surface area contributed by atoms with E-state index in [-0.39, 0.29) is 17.6 Å². The summed E-state index contributed by atoms with van der Waals surface area (Å²) in [5.41, 5.74) is 4.91. The van der Waals surface area contributed by atoms with E-state index >= 15 is 0 Å². The van der Waals surface area contributed by atoms with Crippen molar-refractivity contribution in [3.05, 3.63) is 106 Å². The molecule has 0 fully saturated rings. The van der Waals surface area contributed by atoms with Gasteiger partial charge in [-0.3, -0.25) is 9.59 Å². The summed E-state index contributed by atoms with van der Waals surface area (Å²) >= 11 is 6.19. The fraction of sp³-hybridized carbons (Fsp3) is 0.0769. The Morgan fingerprint density at radius 1 is 1.00 bits per heavy atom. The lowest BCUT2D eigenvalue weighted by atomic mass is 10.1. The van der Waals surface area contributed by atoms with Gasteiger partial charge < -0.3 is 14.6 Å². The predicted octanol–water partition coefficient (Wildman–Crippen LogP) is 6.32. The SMILES string of the molecule is Cc1ccc(-c2ccc(C(=O)Nc3ccc(N4Cc5ccccc5C4=O)cc3)o2)cc1Cl. The smallest absolute Gasteiger partial charge is 0.291 e. The average molecular weight is 443 g/mol. The molecule has 0 atom stereocenters. The molecule has 1 N–H and O–H groups in total. The van der Waals surface area contributed by atoms with Crippen LogP contribution in [0.25, 0.3) is 11.3 Å². The summed E-state index contributed by atoms with van der Waals surface area (Å²) in [6, 6.07) is 23.8. The maximum Gasteiger partial charge on any atom is 0.291 e. The highest BCUT2D eigenvalue weighted by Crippen LogP contribution is 2.30. The van der Waals surface area contributed by atoms with E-state index in [1.54, 1.807) is 29.2 Å². The number of furan rings is 1. The Morgan fingerprint density at radius 3 is 2.53 bits per heavy atom. The van der Waals surface area contributed by atoms with Crippen molar-refractivity contribution in [2.45, 2.75) is 13.5 Å². The molecule has 1 aliphatic rings. The van der Waals surface area contributed by atoms with Gasteiger partial charge in [0.1, 0.15) is 5.76 Å². The summed E-state index contributed by atoms with van der Waals surface area (Å²) in [5.74, 6) is 0.397. The first-order chi connectivity index (χ1) is 15.5. The molecule has 0 saturated carbocycles. The number of benzene rings is 3. The van der Waals surface area contributed by atoms with Crippen molar-refractivity contribution in [1.29, 1.82) is 0 Å². The molecule has 32 heavy (non-hydrogen) atoms. The highest BCUT2D eigenvalue weighted by molar-refractivity contribution is 6.31. The lowest BCUT2D eigenvalue weighted by Crippen LogP contribution is -2.22. The zero-order valence-corrected chi connectivity index (χ0v) is 18.0. The maximum atomic E-state index is 12.6. The zero-order chi connectivity index (χ0) is 22.2. The molecular formula is C26H19ClN2O3. The van der Waals surface area contributed by atoms with Gasteiger partial charge in [-0.25, -0.2) is 0 Å². The molecule has 0 spiro atoms. The summed E-state index contributed by atoms with van der Waals surface area (Å²) in [6.45, 7) is 2.47. The molecular weight excluding hydrogens is 424 g/mol. The van der Waals surface area contributed by atoms with Crippen LogP contribution >= 0.6 is 11.6 Å². The molecule has 6 heteroatoms. The maximum absolute atomic E-state index is 12.6.